The summed E-state index contributed by atoms with van der Waals surface area (Å²) >= 11 is 0. The Hall–Kier alpha value is -4.33. The number of nitrogens with zero attached hydrogens (tertiary/aromatic N) is 4. The van der Waals surface area contributed by atoms with Crippen molar-refractivity contribution in [2.75, 3.05) is 29.0 Å². The van der Waals surface area contributed by atoms with Crippen molar-refractivity contribution in [2.24, 2.45) is 0 Å². The van der Waals surface area contributed by atoms with E-state index in [4.69, 9.17) is 4.52 Å². The Morgan fingerprint density at radius 1 is 1.27 bits per heavy atom. The van der Waals surface area contributed by atoms with E-state index in [-0.39, 0.29) is 34.8 Å². The number of hydrogen-bond acceptors (Lipinski definition) is 9. The number of ketones is 1. The highest BCUT2D eigenvalue weighted by Crippen LogP contribution is 2.29. The molecule has 0 fully saturated rings. The number of halogens is 2. The largest absolute Gasteiger partial charge is 0.357 e. The average molecular weight is 530 g/mol. The maximum absolute atomic E-state index is 15.3. The maximum Gasteiger partial charge on any atom is 0.232 e. The van der Waals surface area contributed by atoms with Crippen LogP contribution in [0.3, 0.4) is 0 Å². The van der Waals surface area contributed by atoms with Crippen LogP contribution in [0.15, 0.2) is 35.4 Å². The third kappa shape index (κ3) is 4.74. The number of fused-ring (bicyclic) bond motifs is 2. The van der Waals surface area contributed by atoms with E-state index >= 15 is 4.39 Å². The monoisotopic (exact) mass is 529 g/mol. The normalized spacial score (nSPS) is 13.1. The molecule has 0 unspecified atom stereocenters. The zero-order valence-corrected chi connectivity index (χ0v) is 20.3. The van der Waals surface area contributed by atoms with Gasteiger partial charge in [-0.15, -0.1) is 0 Å². The van der Waals surface area contributed by atoms with Gasteiger partial charge >= 0.3 is 0 Å². The summed E-state index contributed by atoms with van der Waals surface area (Å²) in [7, 11) is -3.87. The van der Waals surface area contributed by atoms with E-state index in [1.165, 1.54) is 12.5 Å². The van der Waals surface area contributed by atoms with Crippen LogP contribution in [0.1, 0.15) is 29.3 Å². The lowest BCUT2D eigenvalue weighted by Gasteiger charge is -2.20. The highest BCUT2D eigenvalue weighted by atomic mass is 32.2. The summed E-state index contributed by atoms with van der Waals surface area (Å²) in [6.07, 6.45) is 8.15. The summed E-state index contributed by atoms with van der Waals surface area (Å²) in [5.41, 5.74) is -0.552. The minimum Gasteiger partial charge on any atom is -0.357 e. The van der Waals surface area contributed by atoms with Gasteiger partial charge in [-0.25, -0.2) is 27.2 Å². The molecule has 14 heteroatoms. The molecule has 192 valence electrons. The molecule has 0 saturated carbocycles. The van der Waals surface area contributed by atoms with Gasteiger partial charge in [-0.05, 0) is 24.6 Å². The molecular formula is C23H21F2N7O4S. The first-order chi connectivity index (χ1) is 17.8. The summed E-state index contributed by atoms with van der Waals surface area (Å²) in [5.74, 6) is -3.44. The van der Waals surface area contributed by atoms with Crippen molar-refractivity contribution in [3.8, 4) is 0 Å². The van der Waals surface area contributed by atoms with Crippen molar-refractivity contribution in [1.29, 1.82) is 0 Å². The first-order valence-corrected chi connectivity index (χ1v) is 12.9. The molecule has 0 amide bonds. The predicted octanol–water partition coefficient (Wildman–Crippen LogP) is 1.51. The van der Waals surface area contributed by atoms with Crippen LogP contribution in [0.5, 0.6) is 0 Å². The lowest BCUT2D eigenvalue weighted by atomic mass is 10.0. The summed E-state index contributed by atoms with van der Waals surface area (Å²) < 4.78 is 61.4. The van der Waals surface area contributed by atoms with Gasteiger partial charge in [0.15, 0.2) is 11.2 Å². The molecule has 37 heavy (non-hydrogen) atoms. The second-order valence-corrected chi connectivity index (χ2v) is 10.1. The summed E-state index contributed by atoms with van der Waals surface area (Å²) in [6.45, 7) is 2.45. The standard InChI is InChI=1S/C23H21F2N7O4S/c1-2-7-37(34,35)31-16-4-3-15(24)19(20(16)25)21(33)14-9-26-22-18(14)23(28-11-27-22)29-12-32-6-5-17-13(10-32)8-30-36-17/h3-5,8-11,31H,2,6-7,12H2,1H3,(H2,26,27,28,29). The van der Waals surface area contributed by atoms with Gasteiger partial charge in [0.05, 0.1) is 46.0 Å². The number of carbonyl (C=O) groups is 1. The van der Waals surface area contributed by atoms with Gasteiger partial charge in [0.1, 0.15) is 23.6 Å². The number of hydrogen-bond donors (Lipinski definition) is 3. The van der Waals surface area contributed by atoms with Crippen LogP contribution < -0.4 is 20.7 Å². The van der Waals surface area contributed by atoms with Gasteiger partial charge in [0, 0.05) is 18.9 Å². The summed E-state index contributed by atoms with van der Waals surface area (Å²) in [5, 5.41) is 7.91. The molecule has 1 aromatic carbocycles. The van der Waals surface area contributed by atoms with Crippen LogP contribution in [0.25, 0.3) is 23.3 Å². The molecule has 0 spiro atoms. The Labute approximate surface area is 208 Å². The van der Waals surface area contributed by atoms with Crippen LogP contribution in [-0.4, -0.2) is 58.2 Å². The van der Waals surface area contributed by atoms with Gasteiger partial charge < -0.3 is 19.7 Å². The van der Waals surface area contributed by atoms with Crippen LogP contribution in [0.4, 0.5) is 20.3 Å². The highest BCUT2D eigenvalue weighted by molar-refractivity contribution is 7.92. The number of aromatic nitrogens is 4. The lowest BCUT2D eigenvalue weighted by molar-refractivity contribution is 0.103. The van der Waals surface area contributed by atoms with E-state index in [1.807, 2.05) is 17.2 Å². The van der Waals surface area contributed by atoms with Gasteiger partial charge in [-0.3, -0.25) is 9.52 Å². The van der Waals surface area contributed by atoms with E-state index < -0.39 is 38.7 Å². The molecule has 4 aromatic rings. The molecule has 0 radical (unpaired) electrons. The smallest absolute Gasteiger partial charge is 0.232 e. The maximum atomic E-state index is 15.3. The Bertz CT molecular complexity index is 1730. The number of H-pyrrole nitrogens is 1. The van der Waals surface area contributed by atoms with Gasteiger partial charge in [-0.1, -0.05) is 12.1 Å². The van der Waals surface area contributed by atoms with Crippen molar-refractivity contribution < 1.29 is 26.5 Å². The first kappa shape index (κ1) is 24.4. The SMILES string of the molecule is CCCS(=O)(=O)Nc1ccc(F)c(C(=O)c2c[nH]c3ncnc(NCN4C=c5cnoc5=CC4)c23)c1F. The molecule has 5 rings (SSSR count). The fourth-order valence-electron chi connectivity index (χ4n) is 3.98. The summed E-state index contributed by atoms with van der Waals surface area (Å²) in [6, 6.07) is 1.78. The van der Waals surface area contributed by atoms with Gasteiger partial charge in [0.2, 0.25) is 15.8 Å². The number of carbonyl (C=O) groups excluding carboxylic acids is 1. The molecule has 3 aromatic heterocycles. The highest BCUT2D eigenvalue weighted by Gasteiger charge is 2.27. The molecule has 1 aliphatic heterocycles. The molecular weight excluding hydrogens is 508 g/mol. The lowest BCUT2D eigenvalue weighted by Crippen LogP contribution is -2.35. The molecule has 3 N–H and O–H groups in total. The molecule has 11 nitrogen and oxygen atoms in total. The second-order valence-electron chi connectivity index (χ2n) is 8.27. The number of rotatable bonds is 9. The number of anilines is 2. The second kappa shape index (κ2) is 9.61. The Morgan fingerprint density at radius 3 is 2.92 bits per heavy atom. The van der Waals surface area contributed by atoms with Crippen LogP contribution in [0, 0.1) is 11.6 Å². The Balaban J connectivity index is 1.47. The van der Waals surface area contributed by atoms with Crippen molar-refractivity contribution in [3.05, 3.63) is 64.2 Å². The van der Waals surface area contributed by atoms with Crippen molar-refractivity contribution >= 4 is 50.6 Å². The van der Waals surface area contributed by atoms with Gasteiger partial charge in [-0.2, -0.15) is 0 Å². The minimum atomic E-state index is -3.87. The van der Waals surface area contributed by atoms with Crippen molar-refractivity contribution in [3.63, 3.8) is 0 Å². The molecule has 4 heterocycles. The van der Waals surface area contributed by atoms with Gasteiger partial charge in [0.25, 0.3) is 0 Å². The van der Waals surface area contributed by atoms with Crippen LogP contribution in [0.2, 0.25) is 0 Å². The van der Waals surface area contributed by atoms with E-state index in [1.54, 1.807) is 13.1 Å². The number of nitrogens with one attached hydrogen (secondary N) is 3. The third-order valence-corrected chi connectivity index (χ3v) is 7.16. The zero-order chi connectivity index (χ0) is 26.2. The minimum absolute atomic E-state index is 0.0834. The van der Waals surface area contributed by atoms with Crippen molar-refractivity contribution in [2.45, 2.75) is 13.3 Å². The Morgan fingerprint density at radius 2 is 2.11 bits per heavy atom. The first-order valence-electron chi connectivity index (χ1n) is 11.2. The number of aromatic amines is 1. The van der Waals surface area contributed by atoms with E-state index in [0.717, 1.165) is 17.4 Å². The van der Waals surface area contributed by atoms with Crippen LogP contribution in [-0.2, 0) is 10.0 Å². The summed E-state index contributed by atoms with van der Waals surface area (Å²) in [4.78, 5) is 26.4. The third-order valence-electron chi connectivity index (χ3n) is 5.68. The molecule has 1 aliphatic rings. The predicted molar refractivity (Wildman–Crippen MR) is 131 cm³/mol. The topological polar surface area (TPSA) is 146 Å². The quantitative estimate of drug-likeness (QED) is 0.275. The zero-order valence-electron chi connectivity index (χ0n) is 19.5. The average Bonchev–Trinajstić information content (AvgIpc) is 3.51. The van der Waals surface area contributed by atoms with E-state index in [9.17, 15) is 17.6 Å². The molecule has 0 aliphatic carbocycles. The van der Waals surface area contributed by atoms with Crippen LogP contribution >= 0.6 is 0 Å². The van der Waals surface area contributed by atoms with Crippen molar-refractivity contribution in [1.82, 2.24) is 25.0 Å². The van der Waals surface area contributed by atoms with E-state index in [2.05, 4.69) is 30.1 Å². The molecule has 0 bridgehead atoms. The fraction of sp³-hybridized carbons (Fsp3) is 0.217. The van der Waals surface area contributed by atoms with E-state index in [0.29, 0.717) is 18.4 Å². The molecule has 0 saturated heterocycles. The molecule has 0 atom stereocenters. The fourth-order valence-corrected chi connectivity index (χ4v) is 5.11. The Kier molecular flexibility index (Phi) is 6.33. The number of benzene rings is 1. The number of sulfonamides is 1.